The fraction of sp³-hybridized carbons (Fsp3) is 0.100. The maximum Gasteiger partial charge on any atom is 0.262 e. The Hall–Kier alpha value is -2.16. The van der Waals surface area contributed by atoms with E-state index in [9.17, 15) is 16.8 Å². The first-order valence-corrected chi connectivity index (χ1v) is 12.1. The number of rotatable bonds is 5. The Morgan fingerprint density at radius 3 is 1.96 bits per heavy atom. The average Bonchev–Trinajstić information content (AvgIpc) is 2.65. The van der Waals surface area contributed by atoms with Gasteiger partial charge in [0.25, 0.3) is 10.0 Å². The van der Waals surface area contributed by atoms with Gasteiger partial charge in [0.2, 0.25) is 9.84 Å². The van der Waals surface area contributed by atoms with Crippen LogP contribution in [-0.2, 0) is 19.9 Å². The smallest absolute Gasteiger partial charge is 0.262 e. The summed E-state index contributed by atoms with van der Waals surface area (Å²) in [4.78, 5) is 0.0349. The maximum absolute atomic E-state index is 13.1. The molecule has 5 nitrogen and oxygen atoms in total. The lowest BCUT2D eigenvalue weighted by atomic mass is 10.2. The van der Waals surface area contributed by atoms with Crippen LogP contribution in [0, 0.1) is 13.8 Å². The van der Waals surface area contributed by atoms with Gasteiger partial charge in [-0.2, -0.15) is 0 Å². The van der Waals surface area contributed by atoms with Crippen molar-refractivity contribution in [3.05, 3.63) is 82.3 Å². The zero-order valence-corrected chi connectivity index (χ0v) is 18.4. The highest BCUT2D eigenvalue weighted by molar-refractivity contribution is 9.10. The van der Waals surface area contributed by atoms with Crippen molar-refractivity contribution in [2.45, 2.75) is 28.5 Å². The Kier molecular flexibility index (Phi) is 5.65. The van der Waals surface area contributed by atoms with E-state index in [0.717, 1.165) is 4.47 Å². The van der Waals surface area contributed by atoms with Crippen molar-refractivity contribution in [1.29, 1.82) is 0 Å². The quantitative estimate of drug-likeness (QED) is 0.574. The molecule has 0 saturated heterocycles. The average molecular weight is 480 g/mol. The number of sulfonamides is 1. The van der Waals surface area contributed by atoms with Crippen molar-refractivity contribution < 1.29 is 16.8 Å². The van der Waals surface area contributed by atoms with Gasteiger partial charge in [-0.25, -0.2) is 16.8 Å². The Morgan fingerprint density at radius 2 is 1.36 bits per heavy atom. The first kappa shape index (κ1) is 20.6. The van der Waals surface area contributed by atoms with Gasteiger partial charge < -0.3 is 0 Å². The molecule has 0 radical (unpaired) electrons. The molecule has 0 spiro atoms. The number of sulfone groups is 1. The minimum Gasteiger partial charge on any atom is -0.280 e. The third-order valence-corrected chi connectivity index (χ3v) is 8.12. The number of aryl methyl sites for hydroxylation is 1. The molecule has 3 rings (SSSR count). The summed E-state index contributed by atoms with van der Waals surface area (Å²) in [5.74, 6) is 0. The molecule has 0 heterocycles. The van der Waals surface area contributed by atoms with Crippen LogP contribution in [0.2, 0.25) is 0 Å². The monoisotopic (exact) mass is 479 g/mol. The number of benzene rings is 3. The van der Waals surface area contributed by atoms with Crippen LogP contribution in [0.5, 0.6) is 0 Å². The Labute approximate surface area is 173 Å². The van der Waals surface area contributed by atoms with Crippen molar-refractivity contribution in [3.63, 3.8) is 0 Å². The Bertz CT molecular complexity index is 1220. The second kappa shape index (κ2) is 7.69. The second-order valence-corrected chi connectivity index (χ2v) is 10.8. The first-order valence-electron chi connectivity index (χ1n) is 8.31. The van der Waals surface area contributed by atoms with E-state index >= 15 is 0 Å². The molecule has 28 heavy (non-hydrogen) atoms. The normalized spacial score (nSPS) is 12.0. The van der Waals surface area contributed by atoms with Crippen LogP contribution in [-0.4, -0.2) is 16.8 Å². The molecule has 0 fully saturated rings. The number of nitrogens with one attached hydrogen (secondary N) is 1. The molecule has 3 aromatic rings. The fourth-order valence-corrected chi connectivity index (χ4v) is 6.17. The number of halogens is 1. The minimum absolute atomic E-state index is 0.0186. The zero-order chi connectivity index (χ0) is 20.5. The molecule has 0 aliphatic rings. The van der Waals surface area contributed by atoms with E-state index in [-0.39, 0.29) is 20.2 Å². The fourth-order valence-electron chi connectivity index (χ4n) is 2.81. The van der Waals surface area contributed by atoms with Gasteiger partial charge in [-0.1, -0.05) is 34.1 Å². The van der Waals surface area contributed by atoms with E-state index < -0.39 is 19.9 Å². The topological polar surface area (TPSA) is 80.3 Å². The summed E-state index contributed by atoms with van der Waals surface area (Å²) in [6, 6.07) is 17.6. The van der Waals surface area contributed by atoms with Gasteiger partial charge in [0.05, 0.1) is 14.7 Å². The lowest BCUT2D eigenvalue weighted by Crippen LogP contribution is -2.16. The predicted molar refractivity (Wildman–Crippen MR) is 113 cm³/mol. The van der Waals surface area contributed by atoms with E-state index in [1.165, 1.54) is 31.2 Å². The van der Waals surface area contributed by atoms with Gasteiger partial charge >= 0.3 is 0 Å². The number of hydrogen-bond donors (Lipinski definition) is 1. The van der Waals surface area contributed by atoms with Crippen molar-refractivity contribution >= 4 is 41.5 Å². The van der Waals surface area contributed by atoms with E-state index in [1.54, 1.807) is 49.4 Å². The summed E-state index contributed by atoms with van der Waals surface area (Å²) in [5, 5.41) is 0. The van der Waals surface area contributed by atoms with Crippen molar-refractivity contribution in [2.75, 3.05) is 4.72 Å². The van der Waals surface area contributed by atoms with Gasteiger partial charge in [-0.05, 0) is 73.5 Å². The SMILES string of the molecule is Cc1cc(S(=O)(=O)Nc2ccc(Br)cc2)c(C)c(S(=O)(=O)c2ccccc2)c1. The molecule has 3 aromatic carbocycles. The first-order chi connectivity index (χ1) is 13.1. The van der Waals surface area contributed by atoms with Crippen molar-refractivity contribution in [3.8, 4) is 0 Å². The summed E-state index contributed by atoms with van der Waals surface area (Å²) in [6.45, 7) is 3.17. The molecule has 0 bridgehead atoms. The van der Waals surface area contributed by atoms with Crippen LogP contribution in [0.4, 0.5) is 5.69 Å². The highest BCUT2D eigenvalue weighted by Gasteiger charge is 2.26. The Morgan fingerprint density at radius 1 is 0.786 bits per heavy atom. The molecule has 0 aliphatic heterocycles. The third-order valence-electron chi connectivity index (χ3n) is 4.19. The van der Waals surface area contributed by atoms with Crippen molar-refractivity contribution in [1.82, 2.24) is 0 Å². The van der Waals surface area contributed by atoms with Gasteiger partial charge in [0.15, 0.2) is 0 Å². The minimum atomic E-state index is -3.97. The highest BCUT2D eigenvalue weighted by atomic mass is 79.9. The number of anilines is 1. The van der Waals surface area contributed by atoms with Gasteiger partial charge in [-0.3, -0.25) is 4.72 Å². The van der Waals surface area contributed by atoms with Gasteiger partial charge in [0.1, 0.15) is 0 Å². The number of hydrogen-bond acceptors (Lipinski definition) is 4. The standard InChI is InChI=1S/C20H18BrNO4S2/c1-14-12-19(27(23,24)18-6-4-3-5-7-18)15(2)20(13-14)28(25,26)22-17-10-8-16(21)9-11-17/h3-13,22H,1-2H3. The summed E-state index contributed by atoms with van der Waals surface area (Å²) >= 11 is 3.30. The Balaban J connectivity index is 2.12. The summed E-state index contributed by atoms with van der Waals surface area (Å²) in [5.41, 5.74) is 1.10. The molecule has 0 atom stereocenters. The molecule has 0 saturated carbocycles. The molecular weight excluding hydrogens is 462 g/mol. The molecule has 0 aliphatic carbocycles. The highest BCUT2D eigenvalue weighted by Crippen LogP contribution is 2.30. The van der Waals surface area contributed by atoms with Crippen LogP contribution in [0.1, 0.15) is 11.1 Å². The summed E-state index contributed by atoms with van der Waals surface area (Å²) in [6.07, 6.45) is 0. The lowest BCUT2D eigenvalue weighted by molar-refractivity contribution is 0.594. The van der Waals surface area contributed by atoms with E-state index in [4.69, 9.17) is 0 Å². The third kappa shape index (κ3) is 4.14. The maximum atomic E-state index is 13.1. The predicted octanol–water partition coefficient (Wildman–Crippen LogP) is 4.70. The van der Waals surface area contributed by atoms with Crippen LogP contribution in [0.15, 0.2) is 85.9 Å². The molecule has 0 unspecified atom stereocenters. The molecule has 1 N–H and O–H groups in total. The second-order valence-electron chi connectivity index (χ2n) is 6.32. The van der Waals surface area contributed by atoms with E-state index in [0.29, 0.717) is 11.3 Å². The van der Waals surface area contributed by atoms with Gasteiger partial charge in [0, 0.05) is 10.2 Å². The molecular formula is C20H18BrNO4S2. The lowest BCUT2D eigenvalue weighted by Gasteiger charge is -2.15. The van der Waals surface area contributed by atoms with Crippen LogP contribution in [0.3, 0.4) is 0 Å². The molecule has 146 valence electrons. The molecule has 0 amide bonds. The van der Waals surface area contributed by atoms with Crippen LogP contribution in [0.25, 0.3) is 0 Å². The summed E-state index contributed by atoms with van der Waals surface area (Å²) < 4.78 is 55.4. The van der Waals surface area contributed by atoms with Crippen molar-refractivity contribution in [2.24, 2.45) is 0 Å². The van der Waals surface area contributed by atoms with Crippen LogP contribution < -0.4 is 4.72 Å². The molecule has 8 heteroatoms. The van der Waals surface area contributed by atoms with Crippen LogP contribution >= 0.6 is 15.9 Å². The molecule has 0 aromatic heterocycles. The summed E-state index contributed by atoms with van der Waals surface area (Å²) in [7, 11) is -7.83. The van der Waals surface area contributed by atoms with Gasteiger partial charge in [-0.15, -0.1) is 0 Å². The largest absolute Gasteiger partial charge is 0.280 e. The van der Waals surface area contributed by atoms with E-state index in [2.05, 4.69) is 20.7 Å². The van der Waals surface area contributed by atoms with E-state index in [1.807, 2.05) is 0 Å². The zero-order valence-electron chi connectivity index (χ0n) is 15.2.